The molecule has 1 aromatic heterocycles. The molecule has 0 bridgehead atoms. The molecule has 0 atom stereocenters. The number of aromatic amines is 2. The van der Waals surface area contributed by atoms with Crippen molar-refractivity contribution in [3.05, 3.63) is 58.9 Å². The molecule has 0 spiro atoms. The molecule has 0 saturated carbocycles. The van der Waals surface area contributed by atoms with Crippen LogP contribution >= 0.6 is 0 Å². The number of aromatic nitrogens is 2. The Morgan fingerprint density at radius 2 is 1.56 bits per heavy atom. The molecule has 0 radical (unpaired) electrons. The Balaban J connectivity index is 2.48. The molecule has 2 N–H and O–H groups in total. The van der Waals surface area contributed by atoms with Crippen LogP contribution in [0.3, 0.4) is 0 Å². The third kappa shape index (κ3) is 1.10. The van der Waals surface area contributed by atoms with Gasteiger partial charge in [-0.25, -0.2) is 0 Å². The molecule has 1 heterocycles. The second-order valence-corrected chi connectivity index (χ2v) is 4.46. The van der Waals surface area contributed by atoms with Gasteiger partial charge >= 0.3 is 0 Å². The first kappa shape index (κ1) is 9.48. The molecule has 0 aliphatic rings. The van der Waals surface area contributed by atoms with Gasteiger partial charge in [0.2, 0.25) is 0 Å². The van der Waals surface area contributed by atoms with Crippen LogP contribution in [0.25, 0.3) is 32.4 Å². The molecule has 3 nitrogen and oxygen atoms in total. The highest BCUT2D eigenvalue weighted by atomic mass is 16.1. The highest BCUT2D eigenvalue weighted by Gasteiger charge is 2.08. The van der Waals surface area contributed by atoms with Gasteiger partial charge in [-0.2, -0.15) is 0 Å². The van der Waals surface area contributed by atoms with Crippen LogP contribution in [0.4, 0.5) is 0 Å². The molecule has 0 fully saturated rings. The molecular formula is C15H10N2O. The molecule has 4 aromatic rings. The van der Waals surface area contributed by atoms with Gasteiger partial charge in [-0.15, -0.1) is 0 Å². The Morgan fingerprint density at radius 1 is 0.778 bits per heavy atom. The summed E-state index contributed by atoms with van der Waals surface area (Å²) in [5.41, 5.74) is 1.09. The summed E-state index contributed by atoms with van der Waals surface area (Å²) in [6.45, 7) is 0. The SMILES string of the molecule is O=c1ccc2c(c1)c1ccccc1c1c[nH][nH]c21. The van der Waals surface area contributed by atoms with Crippen LogP contribution in [-0.2, 0) is 0 Å². The topological polar surface area (TPSA) is 48.6 Å². The van der Waals surface area contributed by atoms with Crippen molar-refractivity contribution in [2.45, 2.75) is 0 Å². The van der Waals surface area contributed by atoms with E-state index in [1.165, 1.54) is 0 Å². The van der Waals surface area contributed by atoms with Crippen molar-refractivity contribution in [3.63, 3.8) is 0 Å². The summed E-state index contributed by atoms with van der Waals surface area (Å²) < 4.78 is 0. The second-order valence-electron chi connectivity index (χ2n) is 4.46. The molecule has 86 valence electrons. The first-order valence-electron chi connectivity index (χ1n) is 5.85. The molecule has 0 unspecified atom stereocenters. The van der Waals surface area contributed by atoms with E-state index in [1.54, 1.807) is 12.1 Å². The molecule has 18 heavy (non-hydrogen) atoms. The average Bonchev–Trinajstić information content (AvgIpc) is 2.88. The monoisotopic (exact) mass is 234 g/mol. The maximum atomic E-state index is 11.6. The van der Waals surface area contributed by atoms with Crippen LogP contribution in [0.2, 0.25) is 0 Å². The largest absolute Gasteiger partial charge is 0.307 e. The maximum absolute atomic E-state index is 11.6. The number of H-pyrrole nitrogens is 2. The lowest BCUT2D eigenvalue weighted by atomic mass is 9.98. The molecule has 4 rings (SSSR count). The van der Waals surface area contributed by atoms with Crippen molar-refractivity contribution in [2.24, 2.45) is 0 Å². The van der Waals surface area contributed by atoms with Crippen molar-refractivity contribution >= 4 is 32.4 Å². The van der Waals surface area contributed by atoms with Crippen molar-refractivity contribution < 1.29 is 0 Å². The van der Waals surface area contributed by atoms with Crippen molar-refractivity contribution in [3.8, 4) is 0 Å². The Kier molecular flexibility index (Phi) is 1.70. The number of hydrogen-bond donors (Lipinski definition) is 2. The Morgan fingerprint density at radius 3 is 2.39 bits per heavy atom. The minimum absolute atomic E-state index is 0.0440. The minimum atomic E-state index is 0.0440. The summed E-state index contributed by atoms with van der Waals surface area (Å²) in [5.74, 6) is 0. The summed E-state index contributed by atoms with van der Waals surface area (Å²) in [4.78, 5) is 11.6. The van der Waals surface area contributed by atoms with Crippen LogP contribution < -0.4 is 5.43 Å². The molecule has 0 aliphatic carbocycles. The number of nitrogens with one attached hydrogen (secondary N) is 2. The van der Waals surface area contributed by atoms with E-state index < -0.39 is 0 Å². The van der Waals surface area contributed by atoms with Crippen molar-refractivity contribution in [1.29, 1.82) is 0 Å². The van der Waals surface area contributed by atoms with Gasteiger partial charge in [-0.05, 0) is 34.4 Å². The fourth-order valence-electron chi connectivity index (χ4n) is 2.66. The Hall–Kier alpha value is -2.55. The van der Waals surface area contributed by atoms with Gasteiger partial charge in [-0.1, -0.05) is 24.3 Å². The summed E-state index contributed by atoms with van der Waals surface area (Å²) in [5, 5.41) is 11.7. The Bertz CT molecular complexity index is 947. The predicted molar refractivity (Wildman–Crippen MR) is 73.9 cm³/mol. The quantitative estimate of drug-likeness (QED) is 0.451. The third-order valence-corrected chi connectivity index (χ3v) is 3.45. The van der Waals surface area contributed by atoms with Gasteiger partial charge in [0.1, 0.15) is 0 Å². The molecule has 0 amide bonds. The summed E-state index contributed by atoms with van der Waals surface area (Å²) in [7, 11) is 0. The van der Waals surface area contributed by atoms with Gasteiger partial charge in [0.15, 0.2) is 5.43 Å². The van der Waals surface area contributed by atoms with Gasteiger partial charge in [0.25, 0.3) is 0 Å². The van der Waals surface area contributed by atoms with Crippen LogP contribution in [0, 0.1) is 0 Å². The van der Waals surface area contributed by atoms with E-state index in [-0.39, 0.29) is 5.43 Å². The van der Waals surface area contributed by atoms with E-state index >= 15 is 0 Å². The maximum Gasteiger partial charge on any atom is 0.179 e. The predicted octanol–water partition coefficient (Wildman–Crippen LogP) is 3.16. The number of benzene rings is 3. The molecular weight excluding hydrogens is 224 g/mol. The fraction of sp³-hybridized carbons (Fsp3) is 0. The van der Waals surface area contributed by atoms with Gasteiger partial charge in [-0.3, -0.25) is 4.79 Å². The molecule has 3 heteroatoms. The first-order chi connectivity index (χ1) is 8.84. The third-order valence-electron chi connectivity index (χ3n) is 3.45. The zero-order valence-corrected chi connectivity index (χ0v) is 9.53. The van der Waals surface area contributed by atoms with Gasteiger partial charge < -0.3 is 10.2 Å². The van der Waals surface area contributed by atoms with E-state index in [1.807, 2.05) is 24.4 Å². The lowest BCUT2D eigenvalue weighted by molar-refractivity contribution is 1.12. The van der Waals surface area contributed by atoms with Crippen molar-refractivity contribution in [1.82, 2.24) is 10.2 Å². The first-order valence-corrected chi connectivity index (χ1v) is 5.85. The zero-order chi connectivity index (χ0) is 12.1. The van der Waals surface area contributed by atoms with E-state index in [0.29, 0.717) is 0 Å². The highest BCUT2D eigenvalue weighted by Crippen LogP contribution is 2.32. The van der Waals surface area contributed by atoms with Crippen LogP contribution in [0.15, 0.2) is 53.5 Å². The summed E-state index contributed by atoms with van der Waals surface area (Å²) >= 11 is 0. The summed E-state index contributed by atoms with van der Waals surface area (Å²) in [6, 6.07) is 13.4. The zero-order valence-electron chi connectivity index (χ0n) is 9.53. The highest BCUT2D eigenvalue weighted by molar-refractivity contribution is 6.23. The number of rotatable bonds is 0. The fourth-order valence-corrected chi connectivity index (χ4v) is 2.66. The van der Waals surface area contributed by atoms with Crippen LogP contribution in [0.5, 0.6) is 0 Å². The minimum Gasteiger partial charge on any atom is -0.307 e. The molecule has 0 saturated heterocycles. The van der Waals surface area contributed by atoms with E-state index in [4.69, 9.17) is 0 Å². The lowest BCUT2D eigenvalue weighted by Gasteiger charge is -2.05. The van der Waals surface area contributed by atoms with Gasteiger partial charge in [0, 0.05) is 17.0 Å². The van der Waals surface area contributed by atoms with Crippen LogP contribution in [-0.4, -0.2) is 10.2 Å². The standard InChI is InChI=1S/C15H10N2O/c18-9-5-6-12-13(7-9)10-3-1-2-4-11(10)14-8-16-17-15(12)14/h1-8,16-17H. The Labute approximate surface area is 102 Å². The number of fused-ring (bicyclic) bond motifs is 6. The smallest absolute Gasteiger partial charge is 0.179 e. The normalized spacial score (nSPS) is 11.6. The average molecular weight is 234 g/mol. The number of hydrogen-bond acceptors (Lipinski definition) is 1. The van der Waals surface area contributed by atoms with E-state index in [2.05, 4.69) is 22.3 Å². The summed E-state index contributed by atoms with van der Waals surface area (Å²) in [6.07, 6.45) is 1.96. The molecule has 0 aliphatic heterocycles. The second kappa shape index (κ2) is 3.23. The van der Waals surface area contributed by atoms with Gasteiger partial charge in [0.05, 0.1) is 5.52 Å². The van der Waals surface area contributed by atoms with Crippen molar-refractivity contribution in [2.75, 3.05) is 0 Å². The van der Waals surface area contributed by atoms with E-state index in [0.717, 1.165) is 32.4 Å². The van der Waals surface area contributed by atoms with E-state index in [9.17, 15) is 4.79 Å². The van der Waals surface area contributed by atoms with Crippen LogP contribution in [0.1, 0.15) is 0 Å². The molecule has 3 aromatic carbocycles. The lowest BCUT2D eigenvalue weighted by Crippen LogP contribution is -1.95.